The molecule has 0 bridgehead atoms. The Morgan fingerprint density at radius 1 is 1.31 bits per heavy atom. The predicted molar refractivity (Wildman–Crippen MR) is 65.3 cm³/mol. The second-order valence-corrected chi connectivity index (χ2v) is 4.87. The Kier molecular flexibility index (Phi) is 4.30. The molecule has 0 aliphatic carbocycles. The Bertz CT molecular complexity index is 344. The number of halogens is 1. The molecule has 0 saturated carbocycles. The molecular weight excluding hydrogens is 205 g/mol. The number of anilines is 1. The van der Waals surface area contributed by atoms with Gasteiger partial charge in [0, 0.05) is 6.54 Å². The van der Waals surface area contributed by atoms with Crippen molar-refractivity contribution >= 4 is 5.69 Å². The SMILES string of the molecule is Cc1ccc(NCCOC(C)(C)C)c(F)c1. The van der Waals surface area contributed by atoms with Crippen LogP contribution in [0.3, 0.4) is 0 Å². The zero-order valence-electron chi connectivity index (χ0n) is 10.4. The van der Waals surface area contributed by atoms with Gasteiger partial charge < -0.3 is 10.1 Å². The maximum atomic E-state index is 13.4. The van der Waals surface area contributed by atoms with E-state index in [2.05, 4.69) is 5.32 Å². The highest BCUT2D eigenvalue weighted by Crippen LogP contribution is 2.15. The van der Waals surface area contributed by atoms with E-state index in [0.717, 1.165) is 5.56 Å². The third-order valence-electron chi connectivity index (χ3n) is 2.08. The molecule has 3 heteroatoms. The lowest BCUT2D eigenvalue weighted by atomic mass is 10.2. The van der Waals surface area contributed by atoms with E-state index >= 15 is 0 Å². The topological polar surface area (TPSA) is 21.3 Å². The highest BCUT2D eigenvalue weighted by atomic mass is 19.1. The number of hydrogen-bond donors (Lipinski definition) is 1. The van der Waals surface area contributed by atoms with Crippen molar-refractivity contribution in [1.29, 1.82) is 0 Å². The van der Waals surface area contributed by atoms with E-state index in [1.54, 1.807) is 6.07 Å². The van der Waals surface area contributed by atoms with Crippen molar-refractivity contribution in [2.45, 2.75) is 33.3 Å². The summed E-state index contributed by atoms with van der Waals surface area (Å²) in [5, 5.41) is 3.01. The number of ether oxygens (including phenoxy) is 1. The molecule has 90 valence electrons. The molecule has 1 rings (SSSR count). The molecule has 1 aromatic carbocycles. The van der Waals surface area contributed by atoms with Gasteiger partial charge in [-0.15, -0.1) is 0 Å². The Hall–Kier alpha value is -1.09. The molecule has 1 aromatic rings. The molecule has 0 aliphatic rings. The lowest BCUT2D eigenvalue weighted by Crippen LogP contribution is -2.23. The molecule has 0 radical (unpaired) electrons. The van der Waals surface area contributed by atoms with E-state index in [-0.39, 0.29) is 11.4 Å². The first-order chi connectivity index (χ1) is 7.38. The van der Waals surface area contributed by atoms with E-state index in [4.69, 9.17) is 4.74 Å². The van der Waals surface area contributed by atoms with E-state index < -0.39 is 0 Å². The van der Waals surface area contributed by atoms with Gasteiger partial charge in [-0.1, -0.05) is 6.07 Å². The van der Waals surface area contributed by atoms with Crippen LogP contribution in [-0.4, -0.2) is 18.8 Å². The van der Waals surface area contributed by atoms with Crippen LogP contribution in [0.25, 0.3) is 0 Å². The second kappa shape index (κ2) is 5.30. The van der Waals surface area contributed by atoms with Crippen LogP contribution in [0.1, 0.15) is 26.3 Å². The third kappa shape index (κ3) is 4.62. The Morgan fingerprint density at radius 3 is 2.56 bits per heavy atom. The summed E-state index contributed by atoms with van der Waals surface area (Å²) in [6.45, 7) is 9.04. The van der Waals surface area contributed by atoms with E-state index in [0.29, 0.717) is 18.8 Å². The van der Waals surface area contributed by atoms with Crippen LogP contribution in [0.2, 0.25) is 0 Å². The molecule has 0 saturated heterocycles. The first-order valence-electron chi connectivity index (χ1n) is 5.52. The minimum absolute atomic E-state index is 0.145. The van der Waals surface area contributed by atoms with Crippen molar-refractivity contribution in [2.24, 2.45) is 0 Å². The molecular formula is C13H20FNO. The van der Waals surface area contributed by atoms with Crippen molar-refractivity contribution in [1.82, 2.24) is 0 Å². The highest BCUT2D eigenvalue weighted by Gasteiger charge is 2.09. The maximum absolute atomic E-state index is 13.4. The second-order valence-electron chi connectivity index (χ2n) is 4.87. The van der Waals surface area contributed by atoms with Crippen molar-refractivity contribution in [3.8, 4) is 0 Å². The highest BCUT2D eigenvalue weighted by molar-refractivity contribution is 5.46. The number of hydrogen-bond acceptors (Lipinski definition) is 2. The van der Waals surface area contributed by atoms with Gasteiger partial charge >= 0.3 is 0 Å². The first-order valence-corrected chi connectivity index (χ1v) is 5.52. The largest absolute Gasteiger partial charge is 0.380 e. The minimum atomic E-state index is -0.212. The summed E-state index contributed by atoms with van der Waals surface area (Å²) < 4.78 is 18.9. The minimum Gasteiger partial charge on any atom is -0.380 e. The maximum Gasteiger partial charge on any atom is 0.146 e. The fraction of sp³-hybridized carbons (Fsp3) is 0.538. The predicted octanol–water partition coefficient (Wildman–Crippen LogP) is 3.36. The van der Waals surface area contributed by atoms with Gasteiger partial charge in [-0.2, -0.15) is 0 Å². The number of benzene rings is 1. The number of rotatable bonds is 4. The normalized spacial score (nSPS) is 11.6. The monoisotopic (exact) mass is 225 g/mol. The van der Waals surface area contributed by atoms with Crippen molar-refractivity contribution in [3.05, 3.63) is 29.6 Å². The van der Waals surface area contributed by atoms with Crippen LogP contribution >= 0.6 is 0 Å². The fourth-order valence-electron chi connectivity index (χ4n) is 1.31. The molecule has 0 fully saturated rings. The Labute approximate surface area is 96.8 Å². The van der Waals surface area contributed by atoms with Crippen molar-refractivity contribution in [2.75, 3.05) is 18.5 Å². The lowest BCUT2D eigenvalue weighted by Gasteiger charge is -2.19. The van der Waals surface area contributed by atoms with Crippen LogP contribution in [0.15, 0.2) is 18.2 Å². The van der Waals surface area contributed by atoms with E-state index in [1.165, 1.54) is 6.07 Å². The molecule has 0 atom stereocenters. The Balaban J connectivity index is 2.38. The van der Waals surface area contributed by atoms with Gasteiger partial charge in [0.2, 0.25) is 0 Å². The van der Waals surface area contributed by atoms with Crippen LogP contribution in [0, 0.1) is 12.7 Å². The van der Waals surface area contributed by atoms with Gasteiger partial charge in [-0.05, 0) is 45.4 Å². The van der Waals surface area contributed by atoms with Crippen LogP contribution in [0.4, 0.5) is 10.1 Å². The van der Waals surface area contributed by atoms with Gasteiger partial charge in [-0.25, -0.2) is 4.39 Å². The molecule has 0 aromatic heterocycles. The van der Waals surface area contributed by atoms with Crippen LogP contribution in [-0.2, 0) is 4.74 Å². The zero-order valence-corrected chi connectivity index (χ0v) is 10.4. The summed E-state index contributed by atoms with van der Waals surface area (Å²) in [7, 11) is 0. The van der Waals surface area contributed by atoms with Gasteiger partial charge in [0.1, 0.15) is 5.82 Å². The number of aryl methyl sites for hydroxylation is 1. The molecule has 0 aliphatic heterocycles. The Morgan fingerprint density at radius 2 is 2.00 bits per heavy atom. The van der Waals surface area contributed by atoms with Crippen molar-refractivity contribution < 1.29 is 9.13 Å². The molecule has 0 amide bonds. The fourth-order valence-corrected chi connectivity index (χ4v) is 1.31. The summed E-state index contributed by atoms with van der Waals surface area (Å²) in [4.78, 5) is 0. The molecule has 16 heavy (non-hydrogen) atoms. The molecule has 0 unspecified atom stereocenters. The van der Waals surface area contributed by atoms with Gasteiger partial charge in [0.25, 0.3) is 0 Å². The lowest BCUT2D eigenvalue weighted by molar-refractivity contribution is 0.00332. The van der Waals surface area contributed by atoms with Crippen LogP contribution in [0.5, 0.6) is 0 Å². The molecule has 1 N–H and O–H groups in total. The van der Waals surface area contributed by atoms with Gasteiger partial charge in [0.05, 0.1) is 17.9 Å². The molecule has 0 heterocycles. The summed E-state index contributed by atoms with van der Waals surface area (Å²) in [6, 6.07) is 5.16. The zero-order chi connectivity index (χ0) is 12.2. The molecule has 0 spiro atoms. The quantitative estimate of drug-likeness (QED) is 0.793. The first kappa shape index (κ1) is 13.0. The van der Waals surface area contributed by atoms with E-state index in [1.807, 2.05) is 33.8 Å². The van der Waals surface area contributed by atoms with Gasteiger partial charge in [-0.3, -0.25) is 0 Å². The smallest absolute Gasteiger partial charge is 0.146 e. The summed E-state index contributed by atoms with van der Waals surface area (Å²) >= 11 is 0. The average Bonchev–Trinajstić information content (AvgIpc) is 2.13. The van der Waals surface area contributed by atoms with Crippen LogP contribution < -0.4 is 5.32 Å². The standard InChI is InChI=1S/C13H20FNO/c1-10-5-6-12(11(14)9-10)15-7-8-16-13(2,3)4/h5-6,9,15H,7-8H2,1-4H3. The summed E-state index contributed by atoms with van der Waals surface area (Å²) in [5.41, 5.74) is 1.31. The van der Waals surface area contributed by atoms with Crippen molar-refractivity contribution in [3.63, 3.8) is 0 Å². The molecule has 2 nitrogen and oxygen atoms in total. The summed E-state index contributed by atoms with van der Waals surface area (Å²) in [5.74, 6) is -0.212. The summed E-state index contributed by atoms with van der Waals surface area (Å²) in [6.07, 6.45) is 0. The van der Waals surface area contributed by atoms with Gasteiger partial charge in [0.15, 0.2) is 0 Å². The average molecular weight is 225 g/mol. The van der Waals surface area contributed by atoms with E-state index in [9.17, 15) is 4.39 Å². The third-order valence-corrected chi connectivity index (χ3v) is 2.08. The number of nitrogens with one attached hydrogen (secondary N) is 1.